The van der Waals surface area contributed by atoms with Crippen LogP contribution in [-0.2, 0) is 6.18 Å². The third-order valence-corrected chi connectivity index (χ3v) is 4.50. The zero-order valence-electron chi connectivity index (χ0n) is 14.4. The maximum Gasteiger partial charge on any atom is 0.419 e. The van der Waals surface area contributed by atoms with E-state index in [-0.39, 0.29) is 11.0 Å². The monoisotopic (exact) mass is 392 g/mol. The third kappa shape index (κ3) is 4.05. The van der Waals surface area contributed by atoms with E-state index in [1.807, 2.05) is 6.08 Å². The van der Waals surface area contributed by atoms with Gasteiger partial charge in [-0.05, 0) is 31.0 Å². The van der Waals surface area contributed by atoms with Crippen LogP contribution < -0.4 is 10.6 Å². The number of hydrogen-bond donors (Lipinski definition) is 3. The lowest BCUT2D eigenvalue weighted by Gasteiger charge is -2.24. The Balaban J connectivity index is 2.14. The van der Waals surface area contributed by atoms with E-state index in [0.29, 0.717) is 31.4 Å². The van der Waals surface area contributed by atoms with Crippen molar-refractivity contribution in [3.05, 3.63) is 29.6 Å². The maximum atomic E-state index is 13.4. The highest BCUT2D eigenvalue weighted by atomic mass is 19.4. The zero-order valence-corrected chi connectivity index (χ0v) is 14.4. The van der Waals surface area contributed by atoms with Crippen LogP contribution >= 0.6 is 0 Å². The minimum atomic E-state index is -4.83. The summed E-state index contributed by atoms with van der Waals surface area (Å²) in [4.78, 5) is 6.70. The summed E-state index contributed by atoms with van der Waals surface area (Å²) in [5.41, 5.74) is -0.274. The quantitative estimate of drug-likeness (QED) is 0.661. The Morgan fingerprint density at radius 1 is 1.22 bits per heavy atom. The van der Waals surface area contributed by atoms with Crippen molar-refractivity contribution in [2.75, 3.05) is 18.4 Å². The van der Waals surface area contributed by atoms with E-state index in [4.69, 9.17) is 0 Å². The molecule has 0 unspecified atom stereocenters. The van der Waals surface area contributed by atoms with Gasteiger partial charge in [0.15, 0.2) is 0 Å². The van der Waals surface area contributed by atoms with Crippen LogP contribution in [0.2, 0.25) is 0 Å². The van der Waals surface area contributed by atoms with E-state index < -0.39 is 36.1 Å². The van der Waals surface area contributed by atoms with Gasteiger partial charge in [-0.25, -0.2) is 4.98 Å². The molecular weight excluding hydrogens is 374 g/mol. The topological polar surface area (TPSA) is 52.7 Å². The van der Waals surface area contributed by atoms with E-state index in [9.17, 15) is 26.3 Å². The van der Waals surface area contributed by atoms with Gasteiger partial charge in [-0.1, -0.05) is 13.0 Å². The largest absolute Gasteiger partial charge is 0.419 e. The van der Waals surface area contributed by atoms with Gasteiger partial charge in [-0.15, -0.1) is 0 Å². The van der Waals surface area contributed by atoms with Crippen LogP contribution in [-0.4, -0.2) is 35.3 Å². The van der Waals surface area contributed by atoms with Gasteiger partial charge in [0.05, 0.1) is 11.3 Å². The molecule has 4 nitrogen and oxygen atoms in total. The third-order valence-electron chi connectivity index (χ3n) is 4.50. The molecular formula is C17H18F6N4. The highest BCUT2D eigenvalue weighted by molar-refractivity contribution is 5.94. The highest BCUT2D eigenvalue weighted by Crippen LogP contribution is 2.40. The first-order valence-corrected chi connectivity index (χ1v) is 8.43. The average molecular weight is 392 g/mol. The second-order valence-electron chi connectivity index (χ2n) is 6.32. The summed E-state index contributed by atoms with van der Waals surface area (Å²) >= 11 is 0. The molecule has 148 valence electrons. The molecule has 1 atom stereocenters. The summed E-state index contributed by atoms with van der Waals surface area (Å²) < 4.78 is 79.6. The summed E-state index contributed by atoms with van der Waals surface area (Å²) in [5, 5.41) is 5.17. The van der Waals surface area contributed by atoms with Crippen LogP contribution in [0.1, 0.15) is 31.0 Å². The van der Waals surface area contributed by atoms with Gasteiger partial charge in [0.2, 0.25) is 0 Å². The van der Waals surface area contributed by atoms with Crippen molar-refractivity contribution in [3.8, 4) is 0 Å². The lowest BCUT2D eigenvalue weighted by atomic mass is 10.1. The average Bonchev–Trinajstić information content (AvgIpc) is 3.02. The Labute approximate surface area is 151 Å². The molecule has 1 aliphatic heterocycles. The summed E-state index contributed by atoms with van der Waals surface area (Å²) in [6.07, 6.45) is -6.81. The van der Waals surface area contributed by atoms with Crippen LogP contribution in [0.5, 0.6) is 0 Å². The molecule has 0 aromatic carbocycles. The second-order valence-corrected chi connectivity index (χ2v) is 6.32. The van der Waals surface area contributed by atoms with Crippen molar-refractivity contribution in [2.24, 2.45) is 0 Å². The normalized spacial score (nSPS) is 17.1. The Morgan fingerprint density at radius 3 is 2.52 bits per heavy atom. The van der Waals surface area contributed by atoms with Crippen LogP contribution in [0.3, 0.4) is 0 Å². The molecule has 1 aliphatic rings. The fourth-order valence-corrected chi connectivity index (χ4v) is 3.07. The Kier molecular flexibility index (Phi) is 5.11. The molecule has 0 saturated carbocycles. The number of H-pyrrole nitrogens is 1. The van der Waals surface area contributed by atoms with Crippen LogP contribution in [0.4, 0.5) is 32.0 Å². The molecule has 2 aromatic heterocycles. The predicted molar refractivity (Wildman–Crippen MR) is 90.3 cm³/mol. The molecule has 0 aliphatic carbocycles. The molecule has 3 N–H and O–H groups in total. The van der Waals surface area contributed by atoms with Crippen molar-refractivity contribution >= 4 is 22.3 Å². The first-order chi connectivity index (χ1) is 12.6. The molecule has 0 saturated heterocycles. The number of nitrogens with one attached hydrogen (secondary N) is 3. The summed E-state index contributed by atoms with van der Waals surface area (Å²) in [6.45, 7) is 2.59. The number of nitrogens with zero attached hydrogens (tertiary/aromatic N) is 1. The second kappa shape index (κ2) is 7.06. The molecule has 27 heavy (non-hydrogen) atoms. The van der Waals surface area contributed by atoms with Gasteiger partial charge in [0, 0.05) is 23.8 Å². The summed E-state index contributed by atoms with van der Waals surface area (Å²) in [7, 11) is 0. The van der Waals surface area contributed by atoms with Crippen molar-refractivity contribution in [2.45, 2.75) is 38.2 Å². The van der Waals surface area contributed by atoms with Crippen LogP contribution in [0.15, 0.2) is 18.3 Å². The lowest BCUT2D eigenvalue weighted by molar-refractivity contribution is -0.144. The number of halogens is 6. The zero-order chi connectivity index (χ0) is 19.8. The van der Waals surface area contributed by atoms with Gasteiger partial charge >= 0.3 is 12.4 Å². The number of fused-ring (bicyclic) bond motifs is 1. The van der Waals surface area contributed by atoms with Crippen molar-refractivity contribution < 1.29 is 26.3 Å². The Hall–Kier alpha value is -2.23. The molecule has 0 fully saturated rings. The number of rotatable bonds is 4. The highest BCUT2D eigenvalue weighted by Gasteiger charge is 2.41. The lowest BCUT2D eigenvalue weighted by Crippen LogP contribution is -2.36. The van der Waals surface area contributed by atoms with E-state index >= 15 is 0 Å². The van der Waals surface area contributed by atoms with Gasteiger partial charge in [-0.3, -0.25) is 0 Å². The SMILES string of the molecule is CC[C@H](Nc1c(C(F)(F)F)cnc2[nH]c(C3=CCNCC3)cc12)C(F)(F)F. The molecule has 0 bridgehead atoms. The Bertz CT molecular complexity index is 849. The first kappa shape index (κ1) is 19.5. The molecule has 3 heterocycles. The van der Waals surface area contributed by atoms with E-state index in [0.717, 1.165) is 5.57 Å². The molecule has 3 rings (SSSR count). The van der Waals surface area contributed by atoms with Crippen molar-refractivity contribution in [3.63, 3.8) is 0 Å². The van der Waals surface area contributed by atoms with Gasteiger partial charge in [0.1, 0.15) is 11.7 Å². The van der Waals surface area contributed by atoms with Crippen LogP contribution in [0.25, 0.3) is 16.6 Å². The minimum Gasteiger partial charge on any atom is -0.373 e. The molecule has 0 spiro atoms. The standard InChI is InChI=1S/C17H18F6N4/c1-2-13(17(21,22)23)27-14-10-7-12(9-3-5-24-6-4-9)26-15(10)25-8-11(14)16(18,19)20/h3,7-8,13,24H,2,4-6H2,1H3,(H2,25,26,27)/t13-/m0/s1. The number of aromatic nitrogens is 2. The molecule has 10 heteroatoms. The summed E-state index contributed by atoms with van der Waals surface area (Å²) in [6, 6.07) is -0.666. The smallest absolute Gasteiger partial charge is 0.373 e. The summed E-state index contributed by atoms with van der Waals surface area (Å²) in [5.74, 6) is 0. The van der Waals surface area contributed by atoms with Gasteiger partial charge in [0.25, 0.3) is 0 Å². The first-order valence-electron chi connectivity index (χ1n) is 8.43. The van der Waals surface area contributed by atoms with Crippen molar-refractivity contribution in [1.29, 1.82) is 0 Å². The fourth-order valence-electron chi connectivity index (χ4n) is 3.07. The number of alkyl halides is 6. The van der Waals surface area contributed by atoms with Gasteiger partial charge in [-0.2, -0.15) is 26.3 Å². The number of aromatic amines is 1. The number of pyridine rings is 1. The molecule has 2 aromatic rings. The van der Waals surface area contributed by atoms with Crippen LogP contribution in [0, 0.1) is 0 Å². The predicted octanol–water partition coefficient (Wildman–Crippen LogP) is 4.71. The molecule has 0 amide bonds. The maximum absolute atomic E-state index is 13.4. The Morgan fingerprint density at radius 2 is 1.96 bits per heavy atom. The number of hydrogen-bond acceptors (Lipinski definition) is 3. The van der Waals surface area contributed by atoms with E-state index in [1.54, 1.807) is 0 Å². The number of anilines is 1. The fraction of sp³-hybridized carbons (Fsp3) is 0.471. The minimum absolute atomic E-state index is 0.0121. The van der Waals surface area contributed by atoms with Crippen molar-refractivity contribution in [1.82, 2.24) is 15.3 Å². The van der Waals surface area contributed by atoms with Gasteiger partial charge < -0.3 is 15.6 Å². The molecule has 0 radical (unpaired) electrons. The van der Waals surface area contributed by atoms with E-state index in [1.165, 1.54) is 13.0 Å². The van der Waals surface area contributed by atoms with E-state index in [2.05, 4.69) is 20.6 Å².